The van der Waals surface area contributed by atoms with E-state index in [2.05, 4.69) is 0 Å². The first-order chi connectivity index (χ1) is 9.16. The summed E-state index contributed by atoms with van der Waals surface area (Å²) in [6, 6.07) is 13.9. The summed E-state index contributed by atoms with van der Waals surface area (Å²) in [7, 11) is 0. The number of phenols is 1. The third-order valence-electron chi connectivity index (χ3n) is 3.10. The van der Waals surface area contributed by atoms with Crippen molar-refractivity contribution in [2.75, 3.05) is 0 Å². The van der Waals surface area contributed by atoms with Gasteiger partial charge in [-0.3, -0.25) is 4.79 Å². The fourth-order valence-electron chi connectivity index (χ4n) is 2.07. The van der Waals surface area contributed by atoms with Crippen LogP contribution < -0.4 is 0 Å². The second kappa shape index (κ2) is 4.68. The topological polar surface area (TPSA) is 49.8 Å². The molecule has 3 nitrogen and oxygen atoms in total. The molecular formula is C15H11ClO3. The first-order valence-electron chi connectivity index (χ1n) is 5.90. The van der Waals surface area contributed by atoms with Crippen molar-refractivity contribution in [1.29, 1.82) is 0 Å². The van der Waals surface area contributed by atoms with Gasteiger partial charge in [0.15, 0.2) is 11.9 Å². The number of ketones is 1. The molecule has 3 rings (SSSR count). The zero-order valence-corrected chi connectivity index (χ0v) is 10.7. The van der Waals surface area contributed by atoms with E-state index in [9.17, 15) is 9.90 Å². The quantitative estimate of drug-likeness (QED) is 0.690. The highest BCUT2D eigenvalue weighted by Crippen LogP contribution is 2.41. The lowest BCUT2D eigenvalue weighted by Crippen LogP contribution is -2.08. The normalized spacial score (nSPS) is 21.1. The fraction of sp³-hybridized carbons (Fsp3) is 0.133. The maximum Gasteiger partial charge on any atom is 0.198 e. The minimum Gasteiger partial charge on any atom is -0.507 e. The highest BCUT2D eigenvalue weighted by Gasteiger charge is 2.46. The summed E-state index contributed by atoms with van der Waals surface area (Å²) in [6.07, 6.45) is -0.765. The summed E-state index contributed by atoms with van der Waals surface area (Å²) in [5.41, 5.74) is 1.17. The molecule has 0 aliphatic carbocycles. The maximum absolute atomic E-state index is 12.2. The van der Waals surface area contributed by atoms with Crippen LogP contribution in [0.4, 0.5) is 0 Å². The molecule has 1 fully saturated rings. The van der Waals surface area contributed by atoms with E-state index < -0.39 is 6.10 Å². The van der Waals surface area contributed by atoms with Crippen LogP contribution in [0.25, 0.3) is 0 Å². The van der Waals surface area contributed by atoms with Crippen LogP contribution in [-0.4, -0.2) is 17.0 Å². The molecule has 0 spiro atoms. The monoisotopic (exact) mass is 274 g/mol. The van der Waals surface area contributed by atoms with Gasteiger partial charge in [0.05, 0.1) is 5.56 Å². The molecule has 1 N–H and O–H groups in total. The van der Waals surface area contributed by atoms with Gasteiger partial charge in [0.1, 0.15) is 11.9 Å². The number of halogens is 1. The second-order valence-electron chi connectivity index (χ2n) is 4.41. The van der Waals surface area contributed by atoms with E-state index in [0.29, 0.717) is 5.02 Å². The molecule has 19 heavy (non-hydrogen) atoms. The van der Waals surface area contributed by atoms with E-state index in [1.165, 1.54) is 18.2 Å². The standard InChI is InChI=1S/C15H11ClO3/c16-10-6-7-12(17)11(8-10)13(18)15-14(19-15)9-4-2-1-3-5-9/h1-8,14-15,17H/t14-,15+/m0/s1. The predicted molar refractivity (Wildman–Crippen MR) is 71.5 cm³/mol. The molecule has 0 saturated carbocycles. The average Bonchev–Trinajstić information content (AvgIpc) is 3.22. The molecule has 4 heteroatoms. The zero-order chi connectivity index (χ0) is 13.4. The number of aromatic hydroxyl groups is 1. The Morgan fingerprint density at radius 3 is 2.63 bits per heavy atom. The smallest absolute Gasteiger partial charge is 0.198 e. The number of epoxide rings is 1. The summed E-state index contributed by atoms with van der Waals surface area (Å²) < 4.78 is 5.41. The molecular weight excluding hydrogens is 264 g/mol. The van der Waals surface area contributed by atoms with Gasteiger partial charge < -0.3 is 9.84 Å². The largest absolute Gasteiger partial charge is 0.507 e. The number of Topliss-reactive ketones (excluding diaryl/α,β-unsaturated/α-hetero) is 1. The van der Waals surface area contributed by atoms with Crippen LogP contribution in [0, 0.1) is 0 Å². The van der Waals surface area contributed by atoms with E-state index in [4.69, 9.17) is 16.3 Å². The Morgan fingerprint density at radius 1 is 1.16 bits per heavy atom. The van der Waals surface area contributed by atoms with Crippen LogP contribution >= 0.6 is 11.6 Å². The summed E-state index contributed by atoms with van der Waals surface area (Å²) in [5.74, 6) is -0.314. The lowest BCUT2D eigenvalue weighted by Gasteiger charge is -2.02. The number of phenolic OH excluding ortho intramolecular Hbond substituents is 1. The highest BCUT2D eigenvalue weighted by molar-refractivity contribution is 6.31. The van der Waals surface area contributed by atoms with Crippen molar-refractivity contribution < 1.29 is 14.6 Å². The van der Waals surface area contributed by atoms with Gasteiger partial charge in [-0.05, 0) is 23.8 Å². The number of carbonyl (C=O) groups is 1. The van der Waals surface area contributed by atoms with E-state index >= 15 is 0 Å². The lowest BCUT2D eigenvalue weighted by molar-refractivity contribution is 0.0951. The van der Waals surface area contributed by atoms with Gasteiger partial charge in [-0.2, -0.15) is 0 Å². The summed E-state index contributed by atoms with van der Waals surface area (Å²) in [4.78, 5) is 12.2. The van der Waals surface area contributed by atoms with Crippen molar-refractivity contribution in [3.05, 3.63) is 64.7 Å². The molecule has 0 aromatic heterocycles. The first kappa shape index (κ1) is 12.2. The predicted octanol–water partition coefficient (Wildman–Crippen LogP) is 3.37. The third kappa shape index (κ3) is 2.35. The molecule has 1 heterocycles. The van der Waals surface area contributed by atoms with E-state index in [1.54, 1.807) is 0 Å². The summed E-state index contributed by atoms with van der Waals surface area (Å²) >= 11 is 5.84. The lowest BCUT2D eigenvalue weighted by atomic mass is 10.0. The molecule has 0 bridgehead atoms. The van der Waals surface area contributed by atoms with E-state index in [-0.39, 0.29) is 23.2 Å². The summed E-state index contributed by atoms with van der Waals surface area (Å²) in [5, 5.41) is 10.1. The SMILES string of the molecule is O=C(c1cc(Cl)ccc1O)[C@H]1O[C@H]1c1ccccc1. The van der Waals surface area contributed by atoms with Crippen molar-refractivity contribution in [2.45, 2.75) is 12.2 Å². The van der Waals surface area contributed by atoms with Gasteiger partial charge in [0.25, 0.3) is 0 Å². The molecule has 1 aliphatic rings. The van der Waals surface area contributed by atoms with Crippen LogP contribution in [-0.2, 0) is 4.74 Å². The van der Waals surface area contributed by atoms with Crippen LogP contribution in [0.2, 0.25) is 5.02 Å². The number of carbonyl (C=O) groups excluding carboxylic acids is 1. The van der Waals surface area contributed by atoms with Gasteiger partial charge in [0.2, 0.25) is 0 Å². The maximum atomic E-state index is 12.2. The van der Waals surface area contributed by atoms with E-state index in [0.717, 1.165) is 5.56 Å². The Balaban J connectivity index is 1.82. The van der Waals surface area contributed by atoms with Crippen LogP contribution in [0.3, 0.4) is 0 Å². The molecule has 1 aliphatic heterocycles. The number of rotatable bonds is 3. The number of benzene rings is 2. The van der Waals surface area contributed by atoms with Gasteiger partial charge in [-0.1, -0.05) is 41.9 Å². The second-order valence-corrected chi connectivity index (χ2v) is 4.85. The van der Waals surface area contributed by atoms with Crippen LogP contribution in [0.15, 0.2) is 48.5 Å². The van der Waals surface area contributed by atoms with Gasteiger partial charge in [-0.15, -0.1) is 0 Å². The molecule has 0 radical (unpaired) electrons. The molecule has 0 amide bonds. The minimum atomic E-state index is -0.535. The van der Waals surface area contributed by atoms with Gasteiger partial charge in [0, 0.05) is 5.02 Å². The van der Waals surface area contributed by atoms with E-state index in [1.807, 2.05) is 30.3 Å². The van der Waals surface area contributed by atoms with Gasteiger partial charge >= 0.3 is 0 Å². The van der Waals surface area contributed by atoms with Crippen LogP contribution in [0.1, 0.15) is 22.0 Å². The number of ether oxygens (including phenoxy) is 1. The Bertz CT molecular complexity index is 625. The number of hydrogen-bond donors (Lipinski definition) is 1. The van der Waals surface area contributed by atoms with Crippen molar-refractivity contribution >= 4 is 17.4 Å². The third-order valence-corrected chi connectivity index (χ3v) is 3.34. The first-order valence-corrected chi connectivity index (χ1v) is 6.28. The summed E-state index contributed by atoms with van der Waals surface area (Å²) in [6.45, 7) is 0. The Morgan fingerprint density at radius 2 is 1.89 bits per heavy atom. The Hall–Kier alpha value is -1.84. The van der Waals surface area contributed by atoms with Crippen molar-refractivity contribution in [3.63, 3.8) is 0 Å². The molecule has 2 atom stereocenters. The molecule has 96 valence electrons. The molecule has 1 saturated heterocycles. The Labute approximate surface area is 115 Å². The van der Waals surface area contributed by atoms with Gasteiger partial charge in [-0.25, -0.2) is 0 Å². The Kier molecular flexibility index (Phi) is 3.01. The van der Waals surface area contributed by atoms with Crippen LogP contribution in [0.5, 0.6) is 5.75 Å². The fourth-order valence-corrected chi connectivity index (χ4v) is 2.24. The molecule has 2 aromatic carbocycles. The highest BCUT2D eigenvalue weighted by atomic mass is 35.5. The molecule has 2 aromatic rings. The van der Waals surface area contributed by atoms with Crippen molar-refractivity contribution in [1.82, 2.24) is 0 Å². The molecule has 0 unspecified atom stereocenters. The minimum absolute atomic E-state index is 0.0725. The average molecular weight is 275 g/mol. The number of hydrogen-bond acceptors (Lipinski definition) is 3. The van der Waals surface area contributed by atoms with Crippen molar-refractivity contribution in [2.24, 2.45) is 0 Å². The zero-order valence-electron chi connectivity index (χ0n) is 9.92. The van der Waals surface area contributed by atoms with Crippen molar-refractivity contribution in [3.8, 4) is 5.75 Å².